The van der Waals surface area contributed by atoms with E-state index >= 15 is 0 Å². The number of thioether (sulfide) groups is 1. The highest BCUT2D eigenvalue weighted by Crippen LogP contribution is 2.32. The molecular formula is C15H22O4S. The second kappa shape index (κ2) is 9.80. The van der Waals surface area contributed by atoms with E-state index in [1.807, 2.05) is 30.3 Å². The summed E-state index contributed by atoms with van der Waals surface area (Å²) in [5.41, 5.74) is 1.07. The Balaban J connectivity index is 2.56. The molecule has 0 bridgehead atoms. The molecule has 0 heterocycles. The number of esters is 1. The lowest BCUT2D eigenvalue weighted by Crippen LogP contribution is -2.24. The van der Waals surface area contributed by atoms with Gasteiger partial charge in [-0.25, -0.2) is 4.79 Å². The van der Waals surface area contributed by atoms with E-state index in [0.717, 1.165) is 17.7 Å². The maximum atomic E-state index is 11.0. The van der Waals surface area contributed by atoms with Crippen molar-refractivity contribution >= 4 is 17.7 Å². The zero-order valence-corrected chi connectivity index (χ0v) is 12.8. The van der Waals surface area contributed by atoms with Crippen LogP contribution in [0.5, 0.6) is 0 Å². The van der Waals surface area contributed by atoms with Crippen molar-refractivity contribution in [3.63, 3.8) is 0 Å². The highest BCUT2D eigenvalue weighted by atomic mass is 32.2. The Bertz CT molecular complexity index is 383. The highest BCUT2D eigenvalue weighted by molar-refractivity contribution is 7.99. The zero-order chi connectivity index (χ0) is 14.8. The second-order valence-electron chi connectivity index (χ2n) is 4.36. The molecule has 5 heteroatoms. The first-order chi connectivity index (χ1) is 9.69. The summed E-state index contributed by atoms with van der Waals surface area (Å²) in [6, 6.07) is 9.85. The SMILES string of the molecule is CCCSC(c1ccccc1)C(O)COCC(=O)OC. The molecule has 0 aliphatic heterocycles. The van der Waals surface area contributed by atoms with Gasteiger partial charge in [0.05, 0.1) is 25.1 Å². The number of benzene rings is 1. The van der Waals surface area contributed by atoms with Crippen molar-refractivity contribution in [1.82, 2.24) is 0 Å². The van der Waals surface area contributed by atoms with Crippen LogP contribution in [0.2, 0.25) is 0 Å². The minimum atomic E-state index is -0.654. The van der Waals surface area contributed by atoms with Crippen LogP contribution >= 0.6 is 11.8 Å². The smallest absolute Gasteiger partial charge is 0.331 e. The van der Waals surface area contributed by atoms with Crippen molar-refractivity contribution in [2.75, 3.05) is 26.1 Å². The summed E-state index contributed by atoms with van der Waals surface area (Å²) in [7, 11) is 1.31. The molecule has 0 saturated carbocycles. The summed E-state index contributed by atoms with van der Waals surface area (Å²) in [5.74, 6) is 0.530. The van der Waals surface area contributed by atoms with Gasteiger partial charge in [0.2, 0.25) is 0 Å². The zero-order valence-electron chi connectivity index (χ0n) is 12.0. The molecule has 4 nitrogen and oxygen atoms in total. The summed E-state index contributed by atoms with van der Waals surface area (Å²) in [4.78, 5) is 11.0. The predicted octanol–water partition coefficient (Wildman–Crippen LogP) is 2.42. The van der Waals surface area contributed by atoms with Crippen molar-refractivity contribution in [3.8, 4) is 0 Å². The van der Waals surface area contributed by atoms with Gasteiger partial charge < -0.3 is 14.6 Å². The van der Waals surface area contributed by atoms with E-state index in [-0.39, 0.29) is 18.5 Å². The van der Waals surface area contributed by atoms with E-state index in [9.17, 15) is 9.90 Å². The molecule has 0 saturated heterocycles. The van der Waals surface area contributed by atoms with Gasteiger partial charge in [0.25, 0.3) is 0 Å². The fourth-order valence-electron chi connectivity index (χ4n) is 1.73. The van der Waals surface area contributed by atoms with Gasteiger partial charge in [-0.3, -0.25) is 0 Å². The number of carbonyl (C=O) groups excluding carboxylic acids is 1. The van der Waals surface area contributed by atoms with E-state index in [1.165, 1.54) is 7.11 Å². The normalized spacial score (nSPS) is 13.8. The average molecular weight is 298 g/mol. The van der Waals surface area contributed by atoms with Gasteiger partial charge in [-0.1, -0.05) is 37.3 Å². The summed E-state index contributed by atoms with van der Waals surface area (Å²) in [5, 5.41) is 10.2. The van der Waals surface area contributed by atoms with E-state index in [1.54, 1.807) is 11.8 Å². The van der Waals surface area contributed by atoms with Crippen LogP contribution in [0.15, 0.2) is 30.3 Å². The molecule has 0 aromatic heterocycles. The molecule has 20 heavy (non-hydrogen) atoms. The molecule has 0 aliphatic carbocycles. The predicted molar refractivity (Wildman–Crippen MR) is 80.8 cm³/mol. The number of aliphatic hydroxyl groups excluding tert-OH is 1. The molecule has 1 aromatic rings. The Hall–Kier alpha value is -1.04. The van der Waals surface area contributed by atoms with Gasteiger partial charge >= 0.3 is 5.97 Å². The van der Waals surface area contributed by atoms with Crippen molar-refractivity contribution in [2.24, 2.45) is 0 Å². The molecule has 1 N–H and O–H groups in total. The van der Waals surface area contributed by atoms with Crippen LogP contribution in [0.25, 0.3) is 0 Å². The summed E-state index contributed by atoms with van der Waals surface area (Å²) < 4.78 is 9.68. The number of rotatable bonds is 9. The van der Waals surface area contributed by atoms with Gasteiger partial charge in [-0.2, -0.15) is 11.8 Å². The summed E-state index contributed by atoms with van der Waals surface area (Å²) >= 11 is 1.70. The first-order valence-corrected chi connectivity index (χ1v) is 7.73. The maximum absolute atomic E-state index is 11.0. The third kappa shape index (κ3) is 5.94. The lowest BCUT2D eigenvalue weighted by atomic mass is 10.1. The third-order valence-electron chi connectivity index (χ3n) is 2.72. The van der Waals surface area contributed by atoms with Crippen molar-refractivity contribution in [3.05, 3.63) is 35.9 Å². The van der Waals surface area contributed by atoms with Crippen molar-refractivity contribution < 1.29 is 19.4 Å². The Morgan fingerprint density at radius 3 is 2.65 bits per heavy atom. The fraction of sp³-hybridized carbons (Fsp3) is 0.533. The maximum Gasteiger partial charge on any atom is 0.331 e. The largest absolute Gasteiger partial charge is 0.467 e. The van der Waals surface area contributed by atoms with Gasteiger partial charge in [-0.15, -0.1) is 0 Å². The monoisotopic (exact) mass is 298 g/mol. The minimum absolute atomic E-state index is 0.0474. The second-order valence-corrected chi connectivity index (χ2v) is 5.61. The van der Waals surface area contributed by atoms with Crippen LogP contribution in [0.3, 0.4) is 0 Å². The lowest BCUT2D eigenvalue weighted by Gasteiger charge is -2.22. The number of carbonyl (C=O) groups is 1. The number of hydrogen-bond acceptors (Lipinski definition) is 5. The third-order valence-corrected chi connectivity index (χ3v) is 4.30. The van der Waals surface area contributed by atoms with Crippen LogP contribution in [-0.2, 0) is 14.3 Å². The molecule has 1 rings (SSSR count). The molecule has 0 radical (unpaired) electrons. The summed E-state index contributed by atoms with van der Waals surface area (Å²) in [6.07, 6.45) is 0.391. The van der Waals surface area contributed by atoms with Gasteiger partial charge in [0.15, 0.2) is 0 Å². The first kappa shape index (κ1) is 17.0. The number of methoxy groups -OCH3 is 1. The Morgan fingerprint density at radius 1 is 1.35 bits per heavy atom. The standard InChI is InChI=1S/C15H22O4S/c1-3-9-20-15(12-7-5-4-6-8-12)13(16)10-19-11-14(17)18-2/h4-8,13,15-16H,3,9-11H2,1-2H3. The minimum Gasteiger partial charge on any atom is -0.467 e. The van der Waals surface area contributed by atoms with Crippen LogP contribution in [0.4, 0.5) is 0 Å². The van der Waals surface area contributed by atoms with Crippen molar-refractivity contribution in [1.29, 1.82) is 0 Å². The molecule has 2 unspecified atom stereocenters. The Kier molecular flexibility index (Phi) is 8.34. The molecule has 2 atom stereocenters. The molecule has 0 amide bonds. The van der Waals surface area contributed by atoms with E-state index in [4.69, 9.17) is 4.74 Å². The van der Waals surface area contributed by atoms with Crippen molar-refractivity contribution in [2.45, 2.75) is 24.7 Å². The molecule has 0 spiro atoms. The van der Waals surface area contributed by atoms with E-state index in [2.05, 4.69) is 11.7 Å². The number of hydrogen-bond donors (Lipinski definition) is 1. The van der Waals surface area contributed by atoms with Crippen LogP contribution in [0, 0.1) is 0 Å². The van der Waals surface area contributed by atoms with Gasteiger partial charge in [0, 0.05) is 0 Å². The van der Waals surface area contributed by atoms with Crippen LogP contribution in [-0.4, -0.2) is 43.3 Å². The molecule has 112 valence electrons. The van der Waals surface area contributed by atoms with Crippen LogP contribution < -0.4 is 0 Å². The fourth-order valence-corrected chi connectivity index (χ4v) is 2.87. The quantitative estimate of drug-likeness (QED) is 0.710. The van der Waals surface area contributed by atoms with Crippen LogP contribution in [0.1, 0.15) is 24.2 Å². The molecule has 0 aliphatic rings. The molecule has 1 aromatic carbocycles. The Morgan fingerprint density at radius 2 is 2.05 bits per heavy atom. The Labute approximate surface area is 124 Å². The summed E-state index contributed by atoms with van der Waals surface area (Å²) in [6.45, 7) is 2.09. The highest BCUT2D eigenvalue weighted by Gasteiger charge is 2.21. The molecular weight excluding hydrogens is 276 g/mol. The first-order valence-electron chi connectivity index (χ1n) is 6.68. The van der Waals surface area contributed by atoms with Gasteiger partial charge in [-0.05, 0) is 17.7 Å². The molecule has 0 fully saturated rings. The van der Waals surface area contributed by atoms with Gasteiger partial charge in [0.1, 0.15) is 6.61 Å². The topological polar surface area (TPSA) is 55.8 Å². The lowest BCUT2D eigenvalue weighted by molar-refractivity contribution is -0.146. The van der Waals surface area contributed by atoms with E-state index in [0.29, 0.717) is 0 Å². The number of aliphatic hydroxyl groups is 1. The van der Waals surface area contributed by atoms with E-state index < -0.39 is 12.1 Å². The number of ether oxygens (including phenoxy) is 2. The average Bonchev–Trinajstić information content (AvgIpc) is 2.48.